The standard InChI is InChI=1S/C13H10BrClN2O3S/c14-9-5-3-4-8(12(9)15)13(18)17-10-6-1-2-7-11(10)21(16,19)20/h1-7H,(H,17,18)(H2,16,19,20). The van der Waals surface area contributed by atoms with Gasteiger partial charge in [0, 0.05) is 4.47 Å². The number of sulfonamides is 1. The lowest BCUT2D eigenvalue weighted by atomic mass is 10.2. The van der Waals surface area contributed by atoms with Gasteiger partial charge in [0.25, 0.3) is 5.91 Å². The van der Waals surface area contributed by atoms with Gasteiger partial charge in [0.1, 0.15) is 4.90 Å². The van der Waals surface area contributed by atoms with E-state index in [9.17, 15) is 13.2 Å². The van der Waals surface area contributed by atoms with Gasteiger partial charge in [0.2, 0.25) is 10.0 Å². The van der Waals surface area contributed by atoms with E-state index in [0.717, 1.165) is 0 Å². The predicted molar refractivity (Wildman–Crippen MR) is 84.9 cm³/mol. The topological polar surface area (TPSA) is 89.3 Å². The van der Waals surface area contributed by atoms with Crippen molar-refractivity contribution in [3.63, 3.8) is 0 Å². The number of carbonyl (C=O) groups excluding carboxylic acids is 1. The number of hydrogen-bond donors (Lipinski definition) is 2. The minimum atomic E-state index is -3.94. The second-order valence-corrected chi connectivity index (χ2v) is 6.86. The Morgan fingerprint density at radius 3 is 2.48 bits per heavy atom. The Hall–Kier alpha value is -1.41. The van der Waals surface area contributed by atoms with E-state index in [4.69, 9.17) is 16.7 Å². The van der Waals surface area contributed by atoms with Gasteiger partial charge in [-0.25, -0.2) is 13.6 Å². The third kappa shape index (κ3) is 3.62. The van der Waals surface area contributed by atoms with Crippen LogP contribution in [0.15, 0.2) is 51.8 Å². The molecule has 0 heterocycles. The molecule has 0 unspecified atom stereocenters. The third-order valence-electron chi connectivity index (χ3n) is 2.64. The van der Waals surface area contributed by atoms with Gasteiger partial charge >= 0.3 is 0 Å². The average molecular weight is 390 g/mol. The van der Waals surface area contributed by atoms with Crippen LogP contribution >= 0.6 is 27.5 Å². The van der Waals surface area contributed by atoms with Crippen LogP contribution in [0.5, 0.6) is 0 Å². The van der Waals surface area contributed by atoms with Crippen LogP contribution in [0.3, 0.4) is 0 Å². The van der Waals surface area contributed by atoms with Crippen LogP contribution in [0, 0.1) is 0 Å². The molecule has 8 heteroatoms. The number of amides is 1. The van der Waals surface area contributed by atoms with Gasteiger partial charge in [-0.15, -0.1) is 0 Å². The van der Waals surface area contributed by atoms with Gasteiger partial charge < -0.3 is 5.32 Å². The van der Waals surface area contributed by atoms with Crippen molar-refractivity contribution in [3.05, 3.63) is 57.5 Å². The van der Waals surface area contributed by atoms with E-state index in [1.165, 1.54) is 24.3 Å². The zero-order valence-electron chi connectivity index (χ0n) is 10.5. The van der Waals surface area contributed by atoms with Crippen LogP contribution in [-0.2, 0) is 10.0 Å². The number of hydrogen-bond acceptors (Lipinski definition) is 3. The summed E-state index contributed by atoms with van der Waals surface area (Å²) in [5.74, 6) is -0.530. The molecular weight excluding hydrogens is 380 g/mol. The van der Waals surface area contributed by atoms with Crippen molar-refractivity contribution in [3.8, 4) is 0 Å². The normalized spacial score (nSPS) is 11.2. The van der Waals surface area contributed by atoms with Crippen LogP contribution in [0.25, 0.3) is 0 Å². The Bertz CT molecular complexity index is 809. The van der Waals surface area contributed by atoms with Gasteiger partial charge in [-0.1, -0.05) is 29.8 Å². The summed E-state index contributed by atoms with van der Waals surface area (Å²) in [6, 6.07) is 10.7. The molecule has 0 atom stereocenters. The lowest BCUT2D eigenvalue weighted by Crippen LogP contribution is -2.18. The molecule has 0 saturated heterocycles. The summed E-state index contributed by atoms with van der Waals surface area (Å²) in [5, 5.41) is 7.85. The molecule has 5 nitrogen and oxygen atoms in total. The molecule has 2 rings (SSSR count). The molecule has 0 radical (unpaired) electrons. The fraction of sp³-hybridized carbons (Fsp3) is 0. The van der Waals surface area contributed by atoms with E-state index >= 15 is 0 Å². The molecule has 0 spiro atoms. The van der Waals surface area contributed by atoms with Gasteiger partial charge in [-0.05, 0) is 40.2 Å². The number of primary sulfonamides is 1. The zero-order chi connectivity index (χ0) is 15.6. The fourth-order valence-electron chi connectivity index (χ4n) is 1.69. The van der Waals surface area contributed by atoms with Crippen molar-refractivity contribution in [2.24, 2.45) is 5.14 Å². The van der Waals surface area contributed by atoms with E-state index in [1.54, 1.807) is 18.2 Å². The fourth-order valence-corrected chi connectivity index (χ4v) is 2.96. The molecule has 0 bridgehead atoms. The van der Waals surface area contributed by atoms with E-state index in [1.807, 2.05) is 0 Å². The number of benzene rings is 2. The highest BCUT2D eigenvalue weighted by atomic mass is 79.9. The Labute approximate surface area is 135 Å². The van der Waals surface area contributed by atoms with Crippen LogP contribution in [0.4, 0.5) is 5.69 Å². The minimum absolute atomic E-state index is 0.0982. The van der Waals surface area contributed by atoms with Crippen molar-refractivity contribution in [1.82, 2.24) is 0 Å². The first-order chi connectivity index (χ1) is 9.80. The number of carbonyl (C=O) groups is 1. The summed E-state index contributed by atoms with van der Waals surface area (Å²) < 4.78 is 23.5. The molecule has 110 valence electrons. The monoisotopic (exact) mass is 388 g/mol. The maximum atomic E-state index is 12.2. The summed E-state index contributed by atoms with van der Waals surface area (Å²) in [7, 11) is -3.94. The number of para-hydroxylation sites is 1. The molecule has 0 aliphatic carbocycles. The molecular formula is C13H10BrClN2O3S. The van der Waals surface area contributed by atoms with Crippen molar-refractivity contribution in [2.75, 3.05) is 5.32 Å². The van der Waals surface area contributed by atoms with Crippen LogP contribution in [0.2, 0.25) is 5.02 Å². The Balaban J connectivity index is 2.40. The van der Waals surface area contributed by atoms with Crippen LogP contribution < -0.4 is 10.5 Å². The zero-order valence-corrected chi connectivity index (χ0v) is 13.7. The highest BCUT2D eigenvalue weighted by Crippen LogP contribution is 2.27. The summed E-state index contributed by atoms with van der Waals surface area (Å²) in [6.45, 7) is 0. The van der Waals surface area contributed by atoms with E-state index in [-0.39, 0.29) is 21.2 Å². The average Bonchev–Trinajstić information content (AvgIpc) is 2.41. The van der Waals surface area contributed by atoms with E-state index in [2.05, 4.69) is 21.2 Å². The summed E-state index contributed by atoms with van der Waals surface area (Å²) >= 11 is 9.25. The van der Waals surface area contributed by atoms with Crippen LogP contribution in [-0.4, -0.2) is 14.3 Å². The quantitative estimate of drug-likeness (QED) is 0.845. The number of nitrogens with two attached hydrogens (primary N) is 1. The molecule has 1 amide bonds. The smallest absolute Gasteiger partial charge is 0.257 e. The summed E-state index contributed by atoms with van der Waals surface area (Å²) in [4.78, 5) is 12.1. The van der Waals surface area contributed by atoms with Crippen molar-refractivity contribution in [1.29, 1.82) is 0 Å². The van der Waals surface area contributed by atoms with Gasteiger partial charge in [0.15, 0.2) is 0 Å². The number of rotatable bonds is 3. The third-order valence-corrected chi connectivity index (χ3v) is 4.90. The van der Waals surface area contributed by atoms with Gasteiger partial charge in [-0.3, -0.25) is 4.79 Å². The first-order valence-corrected chi connectivity index (χ1v) is 8.39. The maximum absolute atomic E-state index is 12.2. The molecule has 0 aliphatic rings. The van der Waals surface area contributed by atoms with Crippen molar-refractivity contribution >= 4 is 49.1 Å². The second-order valence-electron chi connectivity index (χ2n) is 4.10. The second kappa shape index (κ2) is 6.15. The first kappa shape index (κ1) is 16.0. The minimum Gasteiger partial charge on any atom is -0.321 e. The highest BCUT2D eigenvalue weighted by Gasteiger charge is 2.17. The summed E-state index contributed by atoms with van der Waals surface area (Å²) in [5.41, 5.74) is 0.316. The first-order valence-electron chi connectivity index (χ1n) is 5.68. The number of anilines is 1. The number of halogens is 2. The lowest BCUT2D eigenvalue weighted by molar-refractivity contribution is 0.102. The van der Waals surface area contributed by atoms with Crippen LogP contribution in [0.1, 0.15) is 10.4 Å². The molecule has 21 heavy (non-hydrogen) atoms. The molecule has 0 saturated carbocycles. The molecule has 2 aromatic carbocycles. The maximum Gasteiger partial charge on any atom is 0.257 e. The van der Waals surface area contributed by atoms with Crippen molar-refractivity contribution < 1.29 is 13.2 Å². The molecule has 0 aliphatic heterocycles. The highest BCUT2D eigenvalue weighted by molar-refractivity contribution is 9.10. The predicted octanol–water partition coefficient (Wildman–Crippen LogP) is 3.00. The van der Waals surface area contributed by atoms with Gasteiger partial charge in [-0.2, -0.15) is 0 Å². The molecule has 2 aromatic rings. The lowest BCUT2D eigenvalue weighted by Gasteiger charge is -2.10. The SMILES string of the molecule is NS(=O)(=O)c1ccccc1NC(=O)c1cccc(Br)c1Cl. The Morgan fingerprint density at radius 2 is 1.81 bits per heavy atom. The largest absolute Gasteiger partial charge is 0.321 e. The molecule has 0 aromatic heterocycles. The molecule has 0 fully saturated rings. The van der Waals surface area contributed by atoms with E-state index in [0.29, 0.717) is 4.47 Å². The van der Waals surface area contributed by atoms with Gasteiger partial charge in [0.05, 0.1) is 16.3 Å². The molecule has 3 N–H and O–H groups in total. The summed E-state index contributed by atoms with van der Waals surface area (Å²) in [6.07, 6.45) is 0. The Kier molecular flexibility index (Phi) is 4.67. The Morgan fingerprint density at radius 1 is 1.14 bits per heavy atom. The van der Waals surface area contributed by atoms with E-state index < -0.39 is 15.9 Å². The number of nitrogens with one attached hydrogen (secondary N) is 1. The van der Waals surface area contributed by atoms with Crippen molar-refractivity contribution in [2.45, 2.75) is 4.90 Å².